The fraction of sp³-hybridized carbons (Fsp3) is 0.312. The maximum Gasteiger partial charge on any atom is 0.337 e. The quantitative estimate of drug-likeness (QED) is 0.627. The van der Waals surface area contributed by atoms with Gasteiger partial charge in [-0.15, -0.1) is 0 Å². The maximum absolute atomic E-state index is 12.0. The molecule has 0 bridgehead atoms. The number of methoxy groups -OCH3 is 1. The van der Waals surface area contributed by atoms with Gasteiger partial charge in [0.15, 0.2) is 5.16 Å². The van der Waals surface area contributed by atoms with Crippen LogP contribution in [0.5, 0.6) is 0 Å². The minimum Gasteiger partial charge on any atom is -0.465 e. The zero-order chi connectivity index (χ0) is 16.8. The fourth-order valence-corrected chi connectivity index (χ4v) is 2.79. The molecule has 0 atom stereocenters. The van der Waals surface area contributed by atoms with Crippen molar-refractivity contribution in [3.05, 3.63) is 41.2 Å². The number of hydrogen-bond donors (Lipinski definition) is 2. The lowest BCUT2D eigenvalue weighted by molar-refractivity contribution is -0.113. The third-order valence-electron chi connectivity index (χ3n) is 3.21. The molecule has 0 fully saturated rings. The minimum atomic E-state index is -0.436. The Morgan fingerprint density at radius 1 is 1.39 bits per heavy atom. The van der Waals surface area contributed by atoms with Gasteiger partial charge in [0, 0.05) is 11.4 Å². The van der Waals surface area contributed by atoms with Crippen LogP contribution in [0.4, 0.5) is 5.69 Å². The summed E-state index contributed by atoms with van der Waals surface area (Å²) in [5.41, 5.74) is 3.00. The number of rotatable bonds is 6. The highest BCUT2D eigenvalue weighted by molar-refractivity contribution is 7.99. The monoisotopic (exact) mass is 333 g/mol. The summed E-state index contributed by atoms with van der Waals surface area (Å²) in [5.74, 6) is -0.365. The van der Waals surface area contributed by atoms with Crippen molar-refractivity contribution >= 4 is 29.3 Å². The van der Waals surface area contributed by atoms with Crippen LogP contribution in [-0.4, -0.2) is 34.7 Å². The van der Waals surface area contributed by atoms with Gasteiger partial charge in [-0.2, -0.15) is 0 Å². The summed E-state index contributed by atoms with van der Waals surface area (Å²) in [4.78, 5) is 31.1. The van der Waals surface area contributed by atoms with Gasteiger partial charge in [-0.1, -0.05) is 24.8 Å². The molecule has 1 aromatic heterocycles. The smallest absolute Gasteiger partial charge is 0.337 e. The van der Waals surface area contributed by atoms with Crippen LogP contribution in [0.15, 0.2) is 29.4 Å². The van der Waals surface area contributed by atoms with E-state index in [1.165, 1.54) is 18.9 Å². The summed E-state index contributed by atoms with van der Waals surface area (Å²) in [6, 6.07) is 6.63. The molecule has 2 rings (SSSR count). The lowest BCUT2D eigenvalue weighted by atomic mass is 10.2. The van der Waals surface area contributed by atoms with Gasteiger partial charge in [-0.25, -0.2) is 9.78 Å². The van der Waals surface area contributed by atoms with Gasteiger partial charge in [0.1, 0.15) is 0 Å². The van der Waals surface area contributed by atoms with Crippen molar-refractivity contribution in [2.45, 2.75) is 25.4 Å². The van der Waals surface area contributed by atoms with E-state index in [9.17, 15) is 9.59 Å². The molecule has 0 spiro atoms. The summed E-state index contributed by atoms with van der Waals surface area (Å²) in [5, 5.41) is 3.49. The first-order chi connectivity index (χ1) is 11.0. The van der Waals surface area contributed by atoms with E-state index in [1.54, 1.807) is 24.3 Å². The maximum atomic E-state index is 12.0. The molecule has 1 aromatic carbocycles. The second-order valence-electron chi connectivity index (χ2n) is 4.88. The van der Waals surface area contributed by atoms with Crippen LogP contribution in [0.2, 0.25) is 0 Å². The molecule has 0 saturated heterocycles. The first-order valence-corrected chi connectivity index (χ1v) is 8.18. The number of thioether (sulfide) groups is 1. The van der Waals surface area contributed by atoms with E-state index in [0.717, 1.165) is 23.0 Å². The second kappa shape index (κ2) is 7.82. The molecule has 0 aliphatic carbocycles. The van der Waals surface area contributed by atoms with Crippen LogP contribution in [-0.2, 0) is 16.0 Å². The zero-order valence-corrected chi connectivity index (χ0v) is 14.1. The van der Waals surface area contributed by atoms with Crippen molar-refractivity contribution < 1.29 is 14.3 Å². The largest absolute Gasteiger partial charge is 0.465 e. The number of H-pyrrole nitrogens is 1. The van der Waals surface area contributed by atoms with Gasteiger partial charge in [-0.05, 0) is 31.5 Å². The van der Waals surface area contributed by atoms with Crippen molar-refractivity contribution in [3.8, 4) is 0 Å². The Morgan fingerprint density at radius 2 is 2.17 bits per heavy atom. The number of nitrogens with one attached hydrogen (secondary N) is 2. The molecule has 6 nitrogen and oxygen atoms in total. The van der Waals surface area contributed by atoms with E-state index in [4.69, 9.17) is 0 Å². The van der Waals surface area contributed by atoms with E-state index in [-0.39, 0.29) is 11.7 Å². The normalized spacial score (nSPS) is 10.4. The summed E-state index contributed by atoms with van der Waals surface area (Å²) in [7, 11) is 1.32. The highest BCUT2D eigenvalue weighted by atomic mass is 32.2. The average Bonchev–Trinajstić information content (AvgIpc) is 2.92. The van der Waals surface area contributed by atoms with E-state index in [1.807, 2.05) is 13.8 Å². The van der Waals surface area contributed by atoms with Gasteiger partial charge in [0.05, 0.1) is 24.1 Å². The molecule has 0 saturated carbocycles. The van der Waals surface area contributed by atoms with Crippen molar-refractivity contribution in [3.63, 3.8) is 0 Å². The molecule has 7 heteroatoms. The Labute approximate surface area is 139 Å². The highest BCUT2D eigenvalue weighted by Crippen LogP contribution is 2.18. The molecule has 2 N–H and O–H groups in total. The van der Waals surface area contributed by atoms with E-state index >= 15 is 0 Å². The zero-order valence-electron chi connectivity index (χ0n) is 13.3. The predicted molar refractivity (Wildman–Crippen MR) is 89.8 cm³/mol. The summed E-state index contributed by atoms with van der Waals surface area (Å²) < 4.78 is 4.66. The molecule has 0 radical (unpaired) electrons. The van der Waals surface area contributed by atoms with Crippen LogP contribution in [0.3, 0.4) is 0 Å². The van der Waals surface area contributed by atoms with Crippen LogP contribution in [0, 0.1) is 6.92 Å². The molecule has 2 aromatic rings. The molecule has 0 unspecified atom stereocenters. The number of aromatic nitrogens is 2. The number of ether oxygens (including phenoxy) is 1. The number of imidazole rings is 1. The summed E-state index contributed by atoms with van der Waals surface area (Å²) in [6.07, 6.45) is 0.857. The summed E-state index contributed by atoms with van der Waals surface area (Å²) in [6.45, 7) is 4.01. The number of anilines is 1. The molecular weight excluding hydrogens is 314 g/mol. The number of hydrogen-bond acceptors (Lipinski definition) is 5. The number of nitrogens with zero attached hydrogens (tertiary/aromatic N) is 1. The third-order valence-corrected chi connectivity index (χ3v) is 4.08. The number of amides is 1. The first-order valence-electron chi connectivity index (χ1n) is 7.20. The van der Waals surface area contributed by atoms with Gasteiger partial charge in [0.2, 0.25) is 5.91 Å². The topological polar surface area (TPSA) is 84.1 Å². The molecule has 23 heavy (non-hydrogen) atoms. The predicted octanol–water partition coefficient (Wildman–Crippen LogP) is 2.80. The molecule has 122 valence electrons. The third kappa shape index (κ3) is 4.59. The number of benzene rings is 1. The standard InChI is InChI=1S/C16H19N3O3S/c1-4-13-10(2)17-16(19-13)23-9-14(20)18-12-7-5-6-11(8-12)15(21)22-3/h5-8H,4,9H2,1-3H3,(H,17,19)(H,18,20). The van der Waals surface area contributed by atoms with Crippen LogP contribution < -0.4 is 5.32 Å². The molecule has 0 aliphatic rings. The Hall–Kier alpha value is -2.28. The number of carbonyl (C=O) groups is 2. The van der Waals surface area contributed by atoms with E-state index in [0.29, 0.717) is 11.3 Å². The van der Waals surface area contributed by atoms with E-state index < -0.39 is 5.97 Å². The highest BCUT2D eigenvalue weighted by Gasteiger charge is 2.10. The van der Waals surface area contributed by atoms with Crippen molar-refractivity contribution in [2.75, 3.05) is 18.2 Å². The van der Waals surface area contributed by atoms with Crippen molar-refractivity contribution in [1.82, 2.24) is 9.97 Å². The average molecular weight is 333 g/mol. The number of aryl methyl sites for hydroxylation is 2. The van der Waals surface area contributed by atoms with Gasteiger partial charge in [0.25, 0.3) is 0 Å². The number of aromatic amines is 1. The van der Waals surface area contributed by atoms with Crippen LogP contribution in [0.1, 0.15) is 28.7 Å². The molecular formula is C16H19N3O3S. The Kier molecular flexibility index (Phi) is 5.81. The van der Waals surface area contributed by atoms with Gasteiger partial charge >= 0.3 is 5.97 Å². The first kappa shape index (κ1) is 17.1. The van der Waals surface area contributed by atoms with Gasteiger partial charge < -0.3 is 15.0 Å². The second-order valence-corrected chi connectivity index (χ2v) is 5.84. The van der Waals surface area contributed by atoms with Crippen molar-refractivity contribution in [2.24, 2.45) is 0 Å². The SMILES string of the molecule is CCc1nc(SCC(=O)Nc2cccc(C(=O)OC)c2)[nH]c1C. The lowest BCUT2D eigenvalue weighted by Gasteiger charge is -2.06. The lowest BCUT2D eigenvalue weighted by Crippen LogP contribution is -2.14. The Morgan fingerprint density at radius 3 is 2.83 bits per heavy atom. The van der Waals surface area contributed by atoms with Gasteiger partial charge in [-0.3, -0.25) is 4.79 Å². The van der Waals surface area contributed by atoms with E-state index in [2.05, 4.69) is 20.0 Å². The summed E-state index contributed by atoms with van der Waals surface area (Å²) >= 11 is 1.34. The Bertz CT molecular complexity index is 712. The number of esters is 1. The fourth-order valence-electron chi connectivity index (χ4n) is 2.05. The number of carbonyl (C=O) groups excluding carboxylic acids is 2. The molecule has 1 amide bonds. The van der Waals surface area contributed by atoms with Crippen LogP contribution >= 0.6 is 11.8 Å². The molecule has 0 aliphatic heterocycles. The Balaban J connectivity index is 1.93. The molecule has 1 heterocycles. The van der Waals surface area contributed by atoms with Crippen LogP contribution in [0.25, 0.3) is 0 Å². The van der Waals surface area contributed by atoms with Crippen molar-refractivity contribution in [1.29, 1.82) is 0 Å². The minimum absolute atomic E-state index is 0.163.